The molecule has 148 valence electrons. The second-order valence-corrected chi connectivity index (χ2v) is 9.22. The Morgan fingerprint density at radius 2 is 2.04 bits per heavy atom. The number of hydrogen-bond donors (Lipinski definition) is 0. The van der Waals surface area contributed by atoms with E-state index in [0.717, 1.165) is 0 Å². The fourth-order valence-corrected chi connectivity index (χ4v) is 5.64. The third kappa shape index (κ3) is 4.10. The first-order valence-corrected chi connectivity index (χ1v) is 11.2. The Bertz CT molecular complexity index is 823. The summed E-state index contributed by atoms with van der Waals surface area (Å²) in [6.45, 7) is 4.95. The topological polar surface area (TPSA) is 84.0 Å². The van der Waals surface area contributed by atoms with Crippen molar-refractivity contribution < 1.29 is 22.7 Å². The summed E-state index contributed by atoms with van der Waals surface area (Å²) >= 11 is 0. The summed E-state index contributed by atoms with van der Waals surface area (Å²) in [5.74, 6) is 0.0503. The van der Waals surface area contributed by atoms with Gasteiger partial charge in [0.25, 0.3) is 0 Å². The van der Waals surface area contributed by atoms with Gasteiger partial charge in [-0.3, -0.25) is 9.59 Å². The lowest BCUT2D eigenvalue weighted by molar-refractivity contribution is -0.137. The van der Waals surface area contributed by atoms with Gasteiger partial charge in [-0.25, -0.2) is 8.42 Å². The lowest BCUT2D eigenvalue weighted by atomic mass is 10.1. The lowest BCUT2D eigenvalue weighted by Crippen LogP contribution is -2.44. The van der Waals surface area contributed by atoms with Crippen LogP contribution in [0.3, 0.4) is 0 Å². The fourth-order valence-electron chi connectivity index (χ4n) is 3.91. The van der Waals surface area contributed by atoms with Gasteiger partial charge in [-0.05, 0) is 32.4 Å². The van der Waals surface area contributed by atoms with E-state index in [2.05, 4.69) is 0 Å². The van der Waals surface area contributed by atoms with Gasteiger partial charge in [-0.15, -0.1) is 0 Å². The van der Waals surface area contributed by atoms with Gasteiger partial charge in [0.05, 0.1) is 29.7 Å². The van der Waals surface area contributed by atoms with Gasteiger partial charge in [0.2, 0.25) is 11.8 Å². The molecule has 1 aromatic rings. The highest BCUT2D eigenvalue weighted by Crippen LogP contribution is 2.34. The first kappa shape index (κ1) is 19.7. The molecule has 2 atom stereocenters. The van der Waals surface area contributed by atoms with Crippen LogP contribution >= 0.6 is 0 Å². The minimum absolute atomic E-state index is 0.0180. The molecular weight excluding hydrogens is 368 g/mol. The number of carbonyl (C=O) groups excluding carboxylic acids is 2. The Morgan fingerprint density at radius 3 is 2.67 bits per heavy atom. The van der Waals surface area contributed by atoms with Crippen LogP contribution in [0.15, 0.2) is 24.3 Å². The maximum Gasteiger partial charge on any atom is 0.228 e. The van der Waals surface area contributed by atoms with Crippen LogP contribution in [0.4, 0.5) is 5.69 Å². The maximum atomic E-state index is 13.0. The number of rotatable bonds is 6. The van der Waals surface area contributed by atoms with Crippen LogP contribution in [0.5, 0.6) is 5.75 Å². The molecule has 0 aromatic heterocycles. The summed E-state index contributed by atoms with van der Waals surface area (Å²) in [5.41, 5.74) is 0.672. The van der Waals surface area contributed by atoms with Crippen LogP contribution in [0.2, 0.25) is 0 Å². The van der Waals surface area contributed by atoms with Gasteiger partial charge in [0, 0.05) is 25.6 Å². The summed E-state index contributed by atoms with van der Waals surface area (Å²) < 4.78 is 29.2. The largest absolute Gasteiger partial charge is 0.492 e. The first-order chi connectivity index (χ1) is 12.9. The summed E-state index contributed by atoms with van der Waals surface area (Å²) in [4.78, 5) is 28.9. The molecule has 2 aliphatic rings. The number of para-hydroxylation sites is 2. The van der Waals surface area contributed by atoms with Crippen molar-refractivity contribution in [3.63, 3.8) is 0 Å². The monoisotopic (exact) mass is 394 g/mol. The summed E-state index contributed by atoms with van der Waals surface area (Å²) in [7, 11) is -3.07. The molecule has 2 amide bonds. The van der Waals surface area contributed by atoms with Gasteiger partial charge in [-0.2, -0.15) is 0 Å². The Labute approximate surface area is 160 Å². The molecule has 2 aliphatic heterocycles. The lowest BCUT2D eigenvalue weighted by Gasteiger charge is -2.29. The molecule has 0 N–H and O–H groups in total. The predicted octanol–water partition coefficient (Wildman–Crippen LogP) is 1.47. The number of carbonyl (C=O) groups is 2. The minimum Gasteiger partial charge on any atom is -0.492 e. The van der Waals surface area contributed by atoms with Crippen LogP contribution in [0, 0.1) is 5.92 Å². The Morgan fingerprint density at radius 1 is 1.30 bits per heavy atom. The summed E-state index contributed by atoms with van der Waals surface area (Å²) in [6.07, 6.45) is 0.606. The van der Waals surface area contributed by atoms with Crippen molar-refractivity contribution in [2.75, 3.05) is 36.1 Å². The quantitative estimate of drug-likeness (QED) is 0.730. The fraction of sp³-hybridized carbons (Fsp3) is 0.579. The van der Waals surface area contributed by atoms with Crippen LogP contribution < -0.4 is 9.64 Å². The molecule has 3 rings (SSSR count). The van der Waals surface area contributed by atoms with Crippen molar-refractivity contribution >= 4 is 27.3 Å². The van der Waals surface area contributed by atoms with Crippen molar-refractivity contribution in [1.29, 1.82) is 0 Å². The van der Waals surface area contributed by atoms with Crippen LogP contribution in [0.25, 0.3) is 0 Å². The van der Waals surface area contributed by atoms with E-state index in [1.807, 2.05) is 38.1 Å². The smallest absolute Gasteiger partial charge is 0.228 e. The molecule has 0 aliphatic carbocycles. The summed E-state index contributed by atoms with van der Waals surface area (Å²) in [5, 5.41) is 0. The molecule has 2 heterocycles. The van der Waals surface area contributed by atoms with Crippen LogP contribution in [-0.4, -0.2) is 62.4 Å². The van der Waals surface area contributed by atoms with E-state index >= 15 is 0 Å². The highest BCUT2D eigenvalue weighted by atomic mass is 32.2. The second-order valence-electron chi connectivity index (χ2n) is 6.99. The molecule has 1 aromatic carbocycles. The molecular formula is C19H26N2O5S. The van der Waals surface area contributed by atoms with E-state index in [0.29, 0.717) is 31.0 Å². The van der Waals surface area contributed by atoms with Gasteiger partial charge >= 0.3 is 0 Å². The van der Waals surface area contributed by atoms with E-state index < -0.39 is 15.8 Å². The van der Waals surface area contributed by atoms with Crippen molar-refractivity contribution in [1.82, 2.24) is 4.90 Å². The predicted molar refractivity (Wildman–Crippen MR) is 103 cm³/mol. The van der Waals surface area contributed by atoms with E-state index in [4.69, 9.17) is 4.74 Å². The Kier molecular flexibility index (Phi) is 5.74. The summed E-state index contributed by atoms with van der Waals surface area (Å²) in [6, 6.07) is 7.02. The standard InChI is InChI=1S/C19H26N2O5S/c1-3-20(15-9-10-27(24,25)13-15)19(23)14-11-18(22)21(12-14)16-7-5-6-8-17(16)26-4-2/h5-8,14-15H,3-4,9-13H2,1-2H3. The highest BCUT2D eigenvalue weighted by Gasteiger charge is 2.41. The Balaban J connectivity index is 1.76. The van der Waals surface area contributed by atoms with E-state index in [-0.39, 0.29) is 42.3 Å². The third-order valence-electron chi connectivity index (χ3n) is 5.20. The number of sulfone groups is 1. The number of ether oxygens (including phenoxy) is 1. The second kappa shape index (κ2) is 7.88. The molecule has 0 saturated carbocycles. The van der Waals surface area contributed by atoms with Crippen molar-refractivity contribution in [2.24, 2.45) is 5.92 Å². The van der Waals surface area contributed by atoms with Gasteiger partial charge in [-0.1, -0.05) is 12.1 Å². The molecule has 0 radical (unpaired) electrons. The van der Waals surface area contributed by atoms with Gasteiger partial charge < -0.3 is 14.5 Å². The molecule has 7 nitrogen and oxygen atoms in total. The number of hydrogen-bond acceptors (Lipinski definition) is 5. The van der Waals surface area contributed by atoms with E-state index in [9.17, 15) is 18.0 Å². The zero-order valence-corrected chi connectivity index (χ0v) is 16.6. The van der Waals surface area contributed by atoms with Gasteiger partial charge in [0.1, 0.15) is 5.75 Å². The zero-order valence-electron chi connectivity index (χ0n) is 15.8. The minimum atomic E-state index is -3.07. The highest BCUT2D eigenvalue weighted by molar-refractivity contribution is 7.91. The normalized spacial score (nSPS) is 24.2. The number of benzene rings is 1. The van der Waals surface area contributed by atoms with Crippen LogP contribution in [-0.2, 0) is 19.4 Å². The third-order valence-corrected chi connectivity index (χ3v) is 6.95. The number of amides is 2. The Hall–Kier alpha value is -2.09. The molecule has 2 unspecified atom stereocenters. The average Bonchev–Trinajstić information content (AvgIpc) is 3.19. The molecule has 27 heavy (non-hydrogen) atoms. The van der Waals surface area contributed by atoms with Gasteiger partial charge in [0.15, 0.2) is 9.84 Å². The molecule has 8 heteroatoms. The van der Waals surface area contributed by atoms with E-state index in [1.54, 1.807) is 9.80 Å². The van der Waals surface area contributed by atoms with Crippen molar-refractivity contribution in [3.8, 4) is 5.75 Å². The molecule has 0 spiro atoms. The average molecular weight is 394 g/mol. The molecule has 2 fully saturated rings. The maximum absolute atomic E-state index is 13.0. The molecule has 2 saturated heterocycles. The first-order valence-electron chi connectivity index (χ1n) is 9.39. The number of nitrogens with zero attached hydrogens (tertiary/aromatic N) is 2. The van der Waals surface area contributed by atoms with Crippen LogP contribution in [0.1, 0.15) is 26.7 Å². The SMILES string of the molecule is CCOc1ccccc1N1CC(C(=O)N(CC)C2CCS(=O)(=O)C2)CC1=O. The zero-order chi connectivity index (χ0) is 19.6. The van der Waals surface area contributed by atoms with E-state index in [1.165, 1.54) is 0 Å². The van der Waals surface area contributed by atoms with Crippen molar-refractivity contribution in [2.45, 2.75) is 32.7 Å². The number of anilines is 1. The van der Waals surface area contributed by atoms with Crippen molar-refractivity contribution in [3.05, 3.63) is 24.3 Å². The molecule has 0 bridgehead atoms.